The van der Waals surface area contributed by atoms with E-state index >= 15 is 0 Å². The molecule has 8 heteroatoms. The Morgan fingerprint density at radius 2 is 0.946 bits per heavy atom. The smallest absolute Gasteiger partial charge is 0.269 e. The summed E-state index contributed by atoms with van der Waals surface area (Å²) in [5.74, 6) is 0.322. The second kappa shape index (κ2) is 20.2. The molecular weight excluding hydrogens is 536 g/mol. The van der Waals surface area contributed by atoms with Crippen LogP contribution in [-0.4, -0.2) is 15.0 Å². The molecule has 0 saturated carbocycles. The van der Waals surface area contributed by atoms with E-state index in [-0.39, 0.29) is 16.3 Å². The maximum Gasteiger partial charge on any atom is 0.269 e. The number of benzene rings is 4. The van der Waals surface area contributed by atoms with E-state index < -0.39 is 4.92 Å². The molecule has 4 rings (SSSR count). The zero-order valence-electron chi connectivity index (χ0n) is 21.5. The van der Waals surface area contributed by atoms with Gasteiger partial charge in [-0.15, -0.1) is 0 Å². The molecule has 4 aromatic rings. The first-order valence-corrected chi connectivity index (χ1v) is 12.6. The maximum absolute atomic E-state index is 10.5. The quantitative estimate of drug-likeness (QED) is 0.195. The molecule has 0 unspecified atom stereocenters. The SMILES string of the molecule is CC.CC.O=[N+]([O-])c1ccc(Br)cc1.O=[N+]([O-])c1ccc(Cc2ccccc2)cc1.Oc1ccccc1. The molecule has 0 aromatic heterocycles. The van der Waals surface area contributed by atoms with E-state index in [1.54, 1.807) is 48.5 Å². The highest BCUT2D eigenvalue weighted by Crippen LogP contribution is 2.16. The molecule has 0 aliphatic carbocycles. The predicted molar refractivity (Wildman–Crippen MR) is 154 cm³/mol. The average molecular weight is 569 g/mol. The first kappa shape index (κ1) is 33.0. The molecule has 0 saturated heterocycles. The molecule has 0 bridgehead atoms. The Hall–Kier alpha value is -4.04. The first-order chi connectivity index (χ1) is 17.8. The minimum atomic E-state index is -0.424. The average Bonchev–Trinajstić information content (AvgIpc) is 2.93. The van der Waals surface area contributed by atoms with Gasteiger partial charge in [0.25, 0.3) is 11.4 Å². The van der Waals surface area contributed by atoms with Crippen LogP contribution in [0.15, 0.2) is 114 Å². The van der Waals surface area contributed by atoms with Gasteiger partial charge in [-0.2, -0.15) is 0 Å². The summed E-state index contributed by atoms with van der Waals surface area (Å²) in [7, 11) is 0. The zero-order valence-corrected chi connectivity index (χ0v) is 23.0. The molecule has 0 aliphatic heterocycles. The predicted octanol–water partition coefficient (Wildman–Crippen LogP) is 8.99. The Balaban J connectivity index is 0.000000529. The molecule has 7 nitrogen and oxygen atoms in total. The normalized spacial score (nSPS) is 8.78. The minimum absolute atomic E-state index is 0.114. The molecule has 37 heavy (non-hydrogen) atoms. The first-order valence-electron chi connectivity index (χ1n) is 11.8. The van der Waals surface area contributed by atoms with Crippen molar-refractivity contribution in [1.29, 1.82) is 0 Å². The summed E-state index contributed by atoms with van der Waals surface area (Å²) in [5.41, 5.74) is 2.54. The van der Waals surface area contributed by atoms with Gasteiger partial charge in [0.1, 0.15) is 5.75 Å². The van der Waals surface area contributed by atoms with Gasteiger partial charge in [-0.1, -0.05) is 104 Å². The second-order valence-corrected chi connectivity index (χ2v) is 7.57. The van der Waals surface area contributed by atoms with Gasteiger partial charge < -0.3 is 5.11 Å². The maximum atomic E-state index is 10.5. The van der Waals surface area contributed by atoms with E-state index in [1.807, 2.05) is 64.1 Å². The molecule has 0 amide bonds. The summed E-state index contributed by atoms with van der Waals surface area (Å²) in [6.07, 6.45) is 0.804. The zero-order chi connectivity index (χ0) is 28.1. The second-order valence-electron chi connectivity index (χ2n) is 6.66. The number of phenols is 1. The van der Waals surface area contributed by atoms with Crippen LogP contribution in [0.2, 0.25) is 0 Å². The van der Waals surface area contributed by atoms with E-state index in [2.05, 4.69) is 15.9 Å². The Morgan fingerprint density at radius 1 is 0.595 bits per heavy atom. The third kappa shape index (κ3) is 14.8. The Bertz CT molecular complexity index is 1140. The highest BCUT2D eigenvalue weighted by molar-refractivity contribution is 9.10. The molecule has 0 radical (unpaired) electrons. The number of phenolic OH excluding ortho intramolecular Hbond substituents is 1. The number of aromatic hydroxyl groups is 1. The number of para-hydroxylation sites is 1. The van der Waals surface area contributed by atoms with Crippen LogP contribution in [0.1, 0.15) is 38.8 Å². The van der Waals surface area contributed by atoms with Crippen molar-refractivity contribution in [3.05, 3.63) is 145 Å². The molecule has 196 valence electrons. The van der Waals surface area contributed by atoms with Crippen LogP contribution >= 0.6 is 15.9 Å². The van der Waals surface area contributed by atoms with Crippen molar-refractivity contribution >= 4 is 27.3 Å². The van der Waals surface area contributed by atoms with Crippen LogP contribution in [0.3, 0.4) is 0 Å². The van der Waals surface area contributed by atoms with Crippen molar-refractivity contribution in [1.82, 2.24) is 0 Å². The molecule has 0 fully saturated rings. The lowest BCUT2D eigenvalue weighted by atomic mass is 10.1. The number of nitrogens with zero attached hydrogens (tertiary/aromatic N) is 2. The fourth-order valence-electron chi connectivity index (χ4n) is 2.56. The Morgan fingerprint density at radius 3 is 1.30 bits per heavy atom. The van der Waals surface area contributed by atoms with Crippen LogP contribution in [0.5, 0.6) is 5.75 Å². The molecule has 0 atom stereocenters. The van der Waals surface area contributed by atoms with Gasteiger partial charge in [0.2, 0.25) is 0 Å². The summed E-state index contributed by atoms with van der Waals surface area (Å²) in [6.45, 7) is 8.00. The molecule has 0 aliphatic rings. The van der Waals surface area contributed by atoms with Crippen molar-refractivity contribution in [2.24, 2.45) is 0 Å². The van der Waals surface area contributed by atoms with Crippen LogP contribution in [-0.2, 0) is 6.42 Å². The van der Waals surface area contributed by atoms with E-state index in [4.69, 9.17) is 5.11 Å². The van der Waals surface area contributed by atoms with Gasteiger partial charge in [0.15, 0.2) is 0 Å². The lowest BCUT2D eigenvalue weighted by Crippen LogP contribution is -1.90. The van der Waals surface area contributed by atoms with Gasteiger partial charge in [0, 0.05) is 28.7 Å². The van der Waals surface area contributed by atoms with Gasteiger partial charge in [0.05, 0.1) is 9.85 Å². The molecule has 1 N–H and O–H groups in total. The van der Waals surface area contributed by atoms with E-state index in [1.165, 1.54) is 29.8 Å². The number of hydrogen-bond acceptors (Lipinski definition) is 5. The molecule has 0 spiro atoms. The van der Waals surface area contributed by atoms with Gasteiger partial charge in [-0.05, 0) is 41.8 Å². The van der Waals surface area contributed by atoms with E-state index in [0.29, 0.717) is 5.75 Å². The van der Waals surface area contributed by atoms with E-state index in [0.717, 1.165) is 16.5 Å². The molecular formula is C29H33BrN2O5. The fraction of sp³-hybridized carbons (Fsp3) is 0.172. The Labute approximate surface area is 226 Å². The summed E-state index contributed by atoms with van der Waals surface area (Å²) in [6, 6.07) is 31.6. The van der Waals surface area contributed by atoms with Crippen molar-refractivity contribution in [2.75, 3.05) is 0 Å². The summed E-state index contributed by atoms with van der Waals surface area (Å²) in [5, 5.41) is 29.2. The molecule has 0 heterocycles. The van der Waals surface area contributed by atoms with Crippen LogP contribution in [0.4, 0.5) is 11.4 Å². The number of halogens is 1. The van der Waals surface area contributed by atoms with Crippen LogP contribution in [0.25, 0.3) is 0 Å². The summed E-state index contributed by atoms with van der Waals surface area (Å²) >= 11 is 3.17. The fourth-order valence-corrected chi connectivity index (χ4v) is 2.82. The minimum Gasteiger partial charge on any atom is -0.508 e. The summed E-state index contributed by atoms with van der Waals surface area (Å²) < 4.78 is 0.845. The number of non-ortho nitro benzene ring substituents is 2. The van der Waals surface area contributed by atoms with E-state index in [9.17, 15) is 20.2 Å². The monoisotopic (exact) mass is 568 g/mol. The van der Waals surface area contributed by atoms with Crippen LogP contribution < -0.4 is 0 Å². The van der Waals surface area contributed by atoms with Crippen molar-refractivity contribution in [3.8, 4) is 5.75 Å². The highest BCUT2D eigenvalue weighted by atomic mass is 79.9. The standard InChI is InChI=1S/C13H11NO2.C6H4BrNO2.C6H6O.2C2H6/c15-14(16)13-8-6-12(7-9-13)10-11-4-2-1-3-5-11;7-5-1-3-6(4-2-5)8(9)10;7-6-4-2-1-3-5-6;2*1-2/h1-9H,10H2;1-4H;1-5,7H;2*1-2H3. The number of nitro benzene ring substituents is 2. The Kier molecular flexibility index (Phi) is 18.0. The van der Waals surface area contributed by atoms with Crippen molar-refractivity contribution < 1.29 is 15.0 Å². The largest absolute Gasteiger partial charge is 0.508 e. The topological polar surface area (TPSA) is 107 Å². The van der Waals surface area contributed by atoms with Gasteiger partial charge in [-0.25, -0.2) is 0 Å². The van der Waals surface area contributed by atoms with Gasteiger partial charge >= 0.3 is 0 Å². The number of rotatable bonds is 4. The van der Waals surface area contributed by atoms with Gasteiger partial charge in [-0.3, -0.25) is 20.2 Å². The van der Waals surface area contributed by atoms with Crippen molar-refractivity contribution in [3.63, 3.8) is 0 Å². The molecule has 4 aromatic carbocycles. The van der Waals surface area contributed by atoms with Crippen LogP contribution in [0, 0.1) is 20.2 Å². The summed E-state index contributed by atoms with van der Waals surface area (Å²) in [4.78, 5) is 19.8. The lowest BCUT2D eigenvalue weighted by molar-refractivity contribution is -0.385. The number of nitro groups is 2. The van der Waals surface area contributed by atoms with Crippen molar-refractivity contribution in [2.45, 2.75) is 34.1 Å². The third-order valence-corrected chi connectivity index (χ3v) is 4.72. The third-order valence-electron chi connectivity index (χ3n) is 4.19. The highest BCUT2D eigenvalue weighted by Gasteiger charge is 2.04. The number of hydrogen-bond donors (Lipinski definition) is 1. The lowest BCUT2D eigenvalue weighted by Gasteiger charge is -2.00.